The van der Waals surface area contributed by atoms with Crippen LogP contribution in [0.25, 0.3) is 10.9 Å². The molecule has 2 rings (SSSR count). The Labute approximate surface area is 127 Å². The summed E-state index contributed by atoms with van der Waals surface area (Å²) in [6.45, 7) is 1.99. The second-order valence-electron chi connectivity index (χ2n) is 5.39. The lowest BCUT2D eigenvalue weighted by Gasteiger charge is -2.13. The molecule has 6 nitrogen and oxygen atoms in total. The number of carbonyl (C=O) groups excluding carboxylic acids is 1. The lowest BCUT2D eigenvalue weighted by atomic mass is 10.1. The molecule has 0 aliphatic heterocycles. The topological polar surface area (TPSA) is 88.4 Å². The normalized spacial score (nSPS) is 12.1. The maximum absolute atomic E-state index is 12.3. The number of para-hydroxylation sites is 1. The van der Waals surface area contributed by atoms with Crippen molar-refractivity contribution in [2.24, 2.45) is 13.0 Å². The summed E-state index contributed by atoms with van der Waals surface area (Å²) in [5.74, 6) is -1.45. The van der Waals surface area contributed by atoms with Crippen molar-refractivity contribution >= 4 is 22.8 Å². The van der Waals surface area contributed by atoms with Crippen LogP contribution in [0.3, 0.4) is 0 Å². The van der Waals surface area contributed by atoms with Gasteiger partial charge in [-0.2, -0.15) is 0 Å². The standard InChI is InChI=1S/C16H18N2O4/c1-10(7-15(20)21)9-17-16(22)12-8-14(19)18(2)13-6-4-3-5-11(12)13/h3-6,8,10H,7,9H2,1-2H3,(H,17,22)(H,20,21). The SMILES string of the molecule is CC(CNC(=O)c1cc(=O)n(C)c2ccccc12)CC(=O)O. The number of hydrogen-bond acceptors (Lipinski definition) is 3. The summed E-state index contributed by atoms with van der Waals surface area (Å²) in [6.07, 6.45) is -0.0163. The number of pyridine rings is 1. The van der Waals surface area contributed by atoms with Gasteiger partial charge in [0.25, 0.3) is 11.5 Å². The average Bonchev–Trinajstić information content (AvgIpc) is 2.48. The van der Waals surface area contributed by atoms with Crippen molar-refractivity contribution in [1.29, 1.82) is 0 Å². The number of rotatable bonds is 5. The molecule has 0 aliphatic rings. The molecule has 0 radical (unpaired) electrons. The minimum Gasteiger partial charge on any atom is -0.481 e. The minimum absolute atomic E-state index is 0.0163. The number of aliphatic carboxylic acids is 1. The van der Waals surface area contributed by atoms with Crippen LogP contribution in [0.5, 0.6) is 0 Å². The van der Waals surface area contributed by atoms with Gasteiger partial charge in [0.05, 0.1) is 11.1 Å². The van der Waals surface area contributed by atoms with Crippen LogP contribution in [0.1, 0.15) is 23.7 Å². The first-order valence-electron chi connectivity index (χ1n) is 6.99. The van der Waals surface area contributed by atoms with Gasteiger partial charge in [-0.3, -0.25) is 14.4 Å². The quantitative estimate of drug-likeness (QED) is 0.873. The first kappa shape index (κ1) is 15.8. The van der Waals surface area contributed by atoms with Crippen molar-refractivity contribution in [2.75, 3.05) is 6.54 Å². The lowest BCUT2D eigenvalue weighted by Crippen LogP contribution is -2.31. The summed E-state index contributed by atoms with van der Waals surface area (Å²) in [6, 6.07) is 8.47. The molecule has 0 saturated carbocycles. The highest BCUT2D eigenvalue weighted by molar-refractivity contribution is 6.06. The van der Waals surface area contributed by atoms with Crippen LogP contribution in [0.2, 0.25) is 0 Å². The highest BCUT2D eigenvalue weighted by Crippen LogP contribution is 2.16. The van der Waals surface area contributed by atoms with Gasteiger partial charge in [0.1, 0.15) is 0 Å². The molecule has 1 atom stereocenters. The number of carboxylic acids is 1. The minimum atomic E-state index is -0.902. The monoisotopic (exact) mass is 302 g/mol. The van der Waals surface area contributed by atoms with E-state index in [9.17, 15) is 14.4 Å². The highest BCUT2D eigenvalue weighted by Gasteiger charge is 2.15. The summed E-state index contributed by atoms with van der Waals surface area (Å²) in [4.78, 5) is 34.9. The van der Waals surface area contributed by atoms with Crippen LogP contribution in [-0.4, -0.2) is 28.1 Å². The van der Waals surface area contributed by atoms with Crippen LogP contribution in [-0.2, 0) is 11.8 Å². The van der Waals surface area contributed by atoms with E-state index in [1.165, 1.54) is 10.6 Å². The van der Waals surface area contributed by atoms with Crippen LogP contribution < -0.4 is 10.9 Å². The van der Waals surface area contributed by atoms with Crippen LogP contribution in [0, 0.1) is 5.92 Å². The first-order valence-corrected chi connectivity index (χ1v) is 6.99. The van der Waals surface area contributed by atoms with Gasteiger partial charge in [-0.1, -0.05) is 25.1 Å². The number of aromatic nitrogens is 1. The number of carboxylic acid groups (broad SMARTS) is 1. The Kier molecular flexibility index (Phi) is 4.60. The number of carbonyl (C=O) groups is 2. The smallest absolute Gasteiger partial charge is 0.303 e. The average molecular weight is 302 g/mol. The van der Waals surface area contributed by atoms with E-state index < -0.39 is 5.97 Å². The molecule has 1 aromatic heterocycles. The molecule has 0 aliphatic carbocycles. The van der Waals surface area contributed by atoms with Gasteiger partial charge >= 0.3 is 5.97 Å². The number of nitrogens with zero attached hydrogens (tertiary/aromatic N) is 1. The van der Waals surface area contributed by atoms with E-state index >= 15 is 0 Å². The summed E-state index contributed by atoms with van der Waals surface area (Å²) in [5.41, 5.74) is 0.724. The molecule has 2 aromatic rings. The van der Waals surface area contributed by atoms with Crippen molar-refractivity contribution in [1.82, 2.24) is 9.88 Å². The van der Waals surface area contributed by atoms with Gasteiger partial charge in [-0.25, -0.2) is 0 Å². The lowest BCUT2D eigenvalue weighted by molar-refractivity contribution is -0.137. The molecule has 1 amide bonds. The molecular weight excluding hydrogens is 284 g/mol. The molecule has 1 aromatic carbocycles. The zero-order valence-corrected chi connectivity index (χ0v) is 12.5. The van der Waals surface area contributed by atoms with E-state index in [0.29, 0.717) is 16.5 Å². The van der Waals surface area contributed by atoms with E-state index in [2.05, 4.69) is 5.32 Å². The van der Waals surface area contributed by atoms with Gasteiger partial charge in [-0.05, 0) is 12.0 Å². The molecular formula is C16H18N2O4. The van der Waals surface area contributed by atoms with Gasteiger partial charge in [-0.15, -0.1) is 0 Å². The number of aryl methyl sites for hydroxylation is 1. The van der Waals surface area contributed by atoms with Crippen molar-refractivity contribution in [3.8, 4) is 0 Å². The van der Waals surface area contributed by atoms with E-state index in [4.69, 9.17) is 5.11 Å². The Morgan fingerprint density at radius 1 is 1.32 bits per heavy atom. The predicted molar refractivity (Wildman–Crippen MR) is 82.9 cm³/mol. The molecule has 0 fully saturated rings. The van der Waals surface area contributed by atoms with Crippen LogP contribution >= 0.6 is 0 Å². The third-order valence-corrected chi connectivity index (χ3v) is 3.53. The zero-order chi connectivity index (χ0) is 16.3. The maximum atomic E-state index is 12.3. The van der Waals surface area contributed by atoms with Crippen LogP contribution in [0.4, 0.5) is 0 Å². The van der Waals surface area contributed by atoms with Crippen molar-refractivity contribution in [3.63, 3.8) is 0 Å². The predicted octanol–water partition coefficient (Wildman–Crippen LogP) is 1.38. The van der Waals surface area contributed by atoms with Crippen molar-refractivity contribution in [2.45, 2.75) is 13.3 Å². The molecule has 6 heteroatoms. The summed E-state index contributed by atoms with van der Waals surface area (Å²) >= 11 is 0. The van der Waals surface area contributed by atoms with Crippen LogP contribution in [0.15, 0.2) is 35.1 Å². The largest absolute Gasteiger partial charge is 0.481 e. The summed E-state index contributed by atoms with van der Waals surface area (Å²) < 4.78 is 1.49. The summed E-state index contributed by atoms with van der Waals surface area (Å²) in [7, 11) is 1.65. The fraction of sp³-hybridized carbons (Fsp3) is 0.312. The second kappa shape index (κ2) is 6.43. The molecule has 2 N–H and O–H groups in total. The van der Waals surface area contributed by atoms with Crippen molar-refractivity contribution < 1.29 is 14.7 Å². The number of hydrogen-bond donors (Lipinski definition) is 2. The third-order valence-electron chi connectivity index (χ3n) is 3.53. The molecule has 116 valence electrons. The fourth-order valence-corrected chi connectivity index (χ4v) is 2.33. The van der Waals surface area contributed by atoms with Gasteiger partial charge in [0, 0.05) is 31.5 Å². The summed E-state index contributed by atoms with van der Waals surface area (Å²) in [5, 5.41) is 12.1. The Hall–Kier alpha value is -2.63. The number of amides is 1. The Bertz CT molecular complexity index is 779. The molecule has 22 heavy (non-hydrogen) atoms. The van der Waals surface area contributed by atoms with Gasteiger partial charge in [0.15, 0.2) is 0 Å². The third kappa shape index (κ3) is 3.33. The highest BCUT2D eigenvalue weighted by atomic mass is 16.4. The van der Waals surface area contributed by atoms with Gasteiger partial charge < -0.3 is 15.0 Å². The Morgan fingerprint density at radius 3 is 2.68 bits per heavy atom. The molecule has 0 spiro atoms. The molecule has 0 saturated heterocycles. The molecule has 1 unspecified atom stereocenters. The maximum Gasteiger partial charge on any atom is 0.303 e. The Balaban J connectivity index is 2.27. The van der Waals surface area contributed by atoms with Crippen molar-refractivity contribution in [3.05, 3.63) is 46.2 Å². The first-order chi connectivity index (χ1) is 10.4. The Morgan fingerprint density at radius 2 is 2.00 bits per heavy atom. The number of nitrogens with one attached hydrogen (secondary N) is 1. The van der Waals surface area contributed by atoms with Gasteiger partial charge in [0.2, 0.25) is 0 Å². The van der Waals surface area contributed by atoms with E-state index in [1.807, 2.05) is 0 Å². The van der Waals surface area contributed by atoms with E-state index in [1.54, 1.807) is 38.2 Å². The second-order valence-corrected chi connectivity index (χ2v) is 5.39. The molecule has 1 heterocycles. The van der Waals surface area contributed by atoms with E-state index in [0.717, 1.165) is 0 Å². The number of fused-ring (bicyclic) bond motifs is 1. The van der Waals surface area contributed by atoms with E-state index in [-0.39, 0.29) is 30.3 Å². The zero-order valence-electron chi connectivity index (χ0n) is 12.5. The fourth-order valence-electron chi connectivity index (χ4n) is 2.33. The molecule has 0 bridgehead atoms. The number of benzene rings is 1.